The molecule has 0 aromatic heterocycles. The van der Waals surface area contributed by atoms with Gasteiger partial charge in [-0.15, -0.1) is 0 Å². The molecule has 7 heteroatoms. The predicted molar refractivity (Wildman–Crippen MR) is 68.6 cm³/mol. The molecule has 1 rings (SSSR count). The van der Waals surface area contributed by atoms with Gasteiger partial charge in [0.05, 0.1) is 0 Å². The lowest BCUT2D eigenvalue weighted by molar-refractivity contribution is 0.278. The Morgan fingerprint density at radius 2 is 1.38 bits per heavy atom. The fraction of sp³-hybridized carbons (Fsp3) is 0.429. The minimum Gasteiger partial charge on any atom is -0.483 e. The van der Waals surface area contributed by atoms with Gasteiger partial charge in [-0.25, -0.2) is 13.2 Å². The number of hydrogen-bond donors (Lipinski definition) is 1. The van der Waals surface area contributed by atoms with E-state index in [1.54, 1.807) is 0 Å². The number of benzene rings is 1. The first-order valence-corrected chi connectivity index (χ1v) is 6.10. The molecule has 0 aliphatic rings. The first-order valence-electron chi connectivity index (χ1n) is 6.10. The van der Waals surface area contributed by atoms with Crippen LogP contribution < -0.4 is 10.1 Å². The molecule has 0 bridgehead atoms. The lowest BCUT2D eigenvalue weighted by Gasteiger charge is -2.21. The normalized spacial score (nSPS) is 11.6. The Morgan fingerprint density at radius 3 is 1.81 bits per heavy atom. The van der Waals surface area contributed by atoms with Crippen molar-refractivity contribution in [3.05, 3.63) is 41.2 Å². The van der Waals surface area contributed by atoms with Gasteiger partial charge in [0, 0.05) is 12.1 Å². The van der Waals surface area contributed by atoms with Gasteiger partial charge in [-0.05, 0) is 26.3 Å². The average Bonchev–Trinajstić information content (AvgIpc) is 2.40. The summed E-state index contributed by atoms with van der Waals surface area (Å²) in [4.78, 5) is 0. The SMILES string of the molecule is C=C(CNC(C)(C)C)COc1c(F)c(F)c(F)c(F)c1F. The average molecular weight is 309 g/mol. The second-order valence-electron chi connectivity index (χ2n) is 5.54. The Bertz CT molecular complexity index is 522. The van der Waals surface area contributed by atoms with E-state index in [4.69, 9.17) is 0 Å². The minimum atomic E-state index is -2.22. The smallest absolute Gasteiger partial charge is 0.207 e. The van der Waals surface area contributed by atoms with Gasteiger partial charge in [0.15, 0.2) is 5.75 Å². The van der Waals surface area contributed by atoms with Gasteiger partial charge in [-0.2, -0.15) is 8.78 Å². The Morgan fingerprint density at radius 1 is 0.952 bits per heavy atom. The molecule has 0 aliphatic carbocycles. The molecule has 0 fully saturated rings. The maximum absolute atomic E-state index is 13.3. The van der Waals surface area contributed by atoms with Gasteiger partial charge in [0.25, 0.3) is 0 Å². The lowest BCUT2D eigenvalue weighted by Crippen LogP contribution is -2.37. The quantitative estimate of drug-likeness (QED) is 0.387. The van der Waals surface area contributed by atoms with Crippen molar-refractivity contribution < 1.29 is 26.7 Å². The predicted octanol–water partition coefficient (Wildman–Crippen LogP) is 3.71. The van der Waals surface area contributed by atoms with Crippen LogP contribution in [0.25, 0.3) is 0 Å². The molecule has 0 saturated carbocycles. The third-order valence-corrected chi connectivity index (χ3v) is 2.46. The maximum Gasteiger partial charge on any atom is 0.207 e. The maximum atomic E-state index is 13.3. The molecule has 2 nitrogen and oxygen atoms in total. The molecule has 0 aliphatic heterocycles. The van der Waals surface area contributed by atoms with E-state index in [-0.39, 0.29) is 18.7 Å². The summed E-state index contributed by atoms with van der Waals surface area (Å²) in [5, 5.41) is 3.04. The molecule has 0 amide bonds. The summed E-state index contributed by atoms with van der Waals surface area (Å²) in [6.45, 7) is 9.19. The zero-order valence-electron chi connectivity index (χ0n) is 11.9. The summed E-state index contributed by atoms with van der Waals surface area (Å²) < 4.78 is 70.1. The summed E-state index contributed by atoms with van der Waals surface area (Å²) in [6, 6.07) is 0. The molecule has 21 heavy (non-hydrogen) atoms. The fourth-order valence-electron chi connectivity index (χ4n) is 1.33. The topological polar surface area (TPSA) is 21.3 Å². The van der Waals surface area contributed by atoms with Crippen LogP contribution in [0.5, 0.6) is 5.75 Å². The van der Waals surface area contributed by atoms with Gasteiger partial charge in [-0.1, -0.05) is 6.58 Å². The highest BCUT2D eigenvalue weighted by molar-refractivity contribution is 5.30. The van der Waals surface area contributed by atoms with Gasteiger partial charge in [0.2, 0.25) is 29.1 Å². The molecule has 0 unspecified atom stereocenters. The first-order chi connectivity index (χ1) is 9.54. The summed E-state index contributed by atoms with van der Waals surface area (Å²) in [5.41, 5.74) is 0.182. The molecule has 0 heterocycles. The molecular formula is C14H16F5NO. The standard InChI is InChI=1S/C14H16F5NO/c1-7(5-20-14(2,3)4)6-21-13-11(18)9(16)8(15)10(17)12(13)19/h20H,1,5-6H2,2-4H3. The molecule has 0 atom stereocenters. The molecule has 0 saturated heterocycles. The highest BCUT2D eigenvalue weighted by atomic mass is 19.2. The van der Waals surface area contributed by atoms with Crippen molar-refractivity contribution >= 4 is 0 Å². The Kier molecular flexibility index (Phi) is 5.33. The van der Waals surface area contributed by atoms with Crippen LogP contribution in [-0.4, -0.2) is 18.7 Å². The first kappa shape index (κ1) is 17.4. The largest absolute Gasteiger partial charge is 0.483 e. The van der Waals surface area contributed by atoms with E-state index in [1.165, 1.54) is 0 Å². The number of nitrogens with one attached hydrogen (secondary N) is 1. The van der Waals surface area contributed by atoms with Crippen LogP contribution in [0.4, 0.5) is 22.0 Å². The van der Waals surface area contributed by atoms with Crippen molar-refractivity contribution in [3.8, 4) is 5.75 Å². The molecule has 0 radical (unpaired) electrons. The van der Waals surface area contributed by atoms with Gasteiger partial charge < -0.3 is 10.1 Å². The molecule has 1 N–H and O–H groups in total. The van der Waals surface area contributed by atoms with Crippen LogP contribution in [-0.2, 0) is 0 Å². The van der Waals surface area contributed by atoms with Crippen molar-refractivity contribution in [2.75, 3.05) is 13.2 Å². The molecule has 1 aromatic carbocycles. The van der Waals surface area contributed by atoms with Crippen LogP contribution >= 0.6 is 0 Å². The summed E-state index contributed by atoms with van der Waals surface area (Å²) in [5.74, 6) is -11.6. The van der Waals surface area contributed by atoms with E-state index in [0.717, 1.165) is 0 Å². The van der Waals surface area contributed by atoms with E-state index < -0.39 is 34.8 Å². The molecule has 0 spiro atoms. The van der Waals surface area contributed by atoms with E-state index in [9.17, 15) is 22.0 Å². The second-order valence-corrected chi connectivity index (χ2v) is 5.54. The van der Waals surface area contributed by atoms with Crippen LogP contribution in [0.15, 0.2) is 12.2 Å². The second kappa shape index (κ2) is 6.43. The van der Waals surface area contributed by atoms with Gasteiger partial charge >= 0.3 is 0 Å². The van der Waals surface area contributed by atoms with Crippen LogP contribution in [0, 0.1) is 29.1 Å². The summed E-state index contributed by atoms with van der Waals surface area (Å²) in [7, 11) is 0. The van der Waals surface area contributed by atoms with E-state index in [0.29, 0.717) is 5.57 Å². The van der Waals surface area contributed by atoms with E-state index in [1.807, 2.05) is 20.8 Å². The Balaban J connectivity index is 2.79. The summed E-state index contributed by atoms with van der Waals surface area (Å²) >= 11 is 0. The molecule has 1 aromatic rings. The minimum absolute atomic E-state index is 0.215. The fourth-order valence-corrected chi connectivity index (χ4v) is 1.33. The van der Waals surface area contributed by atoms with Crippen LogP contribution in [0.1, 0.15) is 20.8 Å². The number of ether oxygens (including phenoxy) is 1. The zero-order chi connectivity index (χ0) is 16.4. The molecular weight excluding hydrogens is 293 g/mol. The number of rotatable bonds is 5. The van der Waals surface area contributed by atoms with Crippen molar-refractivity contribution in [1.29, 1.82) is 0 Å². The van der Waals surface area contributed by atoms with Crippen molar-refractivity contribution in [2.24, 2.45) is 0 Å². The van der Waals surface area contributed by atoms with Gasteiger partial charge in [-0.3, -0.25) is 0 Å². The van der Waals surface area contributed by atoms with Crippen molar-refractivity contribution in [2.45, 2.75) is 26.3 Å². The van der Waals surface area contributed by atoms with Crippen LogP contribution in [0.2, 0.25) is 0 Å². The Hall–Kier alpha value is -1.63. The molecule has 118 valence electrons. The monoisotopic (exact) mass is 309 g/mol. The third kappa shape index (κ3) is 4.42. The highest BCUT2D eigenvalue weighted by Crippen LogP contribution is 2.29. The van der Waals surface area contributed by atoms with E-state index >= 15 is 0 Å². The number of hydrogen-bond acceptors (Lipinski definition) is 2. The number of halogens is 5. The zero-order valence-corrected chi connectivity index (χ0v) is 11.9. The van der Waals surface area contributed by atoms with Gasteiger partial charge in [0.1, 0.15) is 6.61 Å². The highest BCUT2D eigenvalue weighted by Gasteiger charge is 2.27. The third-order valence-electron chi connectivity index (χ3n) is 2.46. The van der Waals surface area contributed by atoms with E-state index in [2.05, 4.69) is 16.6 Å². The van der Waals surface area contributed by atoms with Crippen molar-refractivity contribution in [3.63, 3.8) is 0 Å². The van der Waals surface area contributed by atoms with Crippen LogP contribution in [0.3, 0.4) is 0 Å². The van der Waals surface area contributed by atoms with Crippen molar-refractivity contribution in [1.82, 2.24) is 5.32 Å². The Labute approximate surface area is 119 Å². The summed E-state index contributed by atoms with van der Waals surface area (Å²) in [6.07, 6.45) is 0. The lowest BCUT2D eigenvalue weighted by atomic mass is 10.1.